The van der Waals surface area contributed by atoms with Crippen molar-refractivity contribution in [3.8, 4) is 45.1 Å². The lowest BCUT2D eigenvalue weighted by molar-refractivity contribution is 1.05. The third-order valence-corrected chi connectivity index (χ3v) is 8.93. The molecule has 0 saturated carbocycles. The van der Waals surface area contributed by atoms with Gasteiger partial charge in [0.1, 0.15) is 5.82 Å². The Morgan fingerprint density at radius 3 is 1.61 bits per heavy atom. The van der Waals surface area contributed by atoms with E-state index in [9.17, 15) is 0 Å². The van der Waals surface area contributed by atoms with Crippen molar-refractivity contribution >= 4 is 32.7 Å². The minimum atomic E-state index is 0.892. The van der Waals surface area contributed by atoms with Crippen LogP contribution in [0.4, 0.5) is 0 Å². The molecule has 0 bridgehead atoms. The van der Waals surface area contributed by atoms with Gasteiger partial charge in [-0.25, -0.2) is 4.98 Å². The fourth-order valence-corrected chi connectivity index (χ4v) is 6.78. The highest BCUT2D eigenvalue weighted by Gasteiger charge is 2.17. The summed E-state index contributed by atoms with van der Waals surface area (Å²) in [4.78, 5) is 5.29. The van der Waals surface area contributed by atoms with Gasteiger partial charge in [0.2, 0.25) is 0 Å². The van der Waals surface area contributed by atoms with E-state index in [1.54, 1.807) is 0 Å². The first-order valence-corrected chi connectivity index (χ1v) is 15.6. The molecule has 0 radical (unpaired) electrons. The molecule has 3 aromatic heterocycles. The summed E-state index contributed by atoms with van der Waals surface area (Å²) >= 11 is 0. The van der Waals surface area contributed by atoms with Gasteiger partial charge in [-0.1, -0.05) is 127 Å². The Hall–Kier alpha value is -6.19. The van der Waals surface area contributed by atoms with Crippen molar-refractivity contribution in [1.29, 1.82) is 0 Å². The second-order valence-electron chi connectivity index (χ2n) is 11.7. The zero-order valence-electron chi connectivity index (χ0n) is 25.1. The Balaban J connectivity index is 1.24. The molecule has 3 nitrogen and oxygen atoms in total. The quantitative estimate of drug-likeness (QED) is 0.196. The Bertz CT molecular complexity index is 2390. The molecule has 0 N–H and O–H groups in total. The van der Waals surface area contributed by atoms with Crippen molar-refractivity contribution in [2.75, 3.05) is 0 Å². The zero-order valence-corrected chi connectivity index (χ0v) is 25.1. The Labute approximate surface area is 267 Å². The molecule has 0 unspecified atom stereocenters. The molecule has 0 atom stereocenters. The summed E-state index contributed by atoms with van der Waals surface area (Å²) in [5.41, 5.74) is 11.3. The van der Waals surface area contributed by atoms with Gasteiger partial charge in [-0.3, -0.25) is 4.57 Å². The van der Waals surface area contributed by atoms with Crippen LogP contribution in [0.5, 0.6) is 0 Å². The van der Waals surface area contributed by atoms with Crippen molar-refractivity contribution in [2.45, 2.75) is 0 Å². The van der Waals surface area contributed by atoms with E-state index in [-0.39, 0.29) is 0 Å². The van der Waals surface area contributed by atoms with Crippen molar-refractivity contribution < 1.29 is 0 Å². The van der Waals surface area contributed by atoms with Gasteiger partial charge in [0.25, 0.3) is 0 Å². The lowest BCUT2D eigenvalue weighted by Gasteiger charge is -2.15. The molecule has 0 spiro atoms. The predicted molar refractivity (Wildman–Crippen MR) is 192 cm³/mol. The molecule has 216 valence electrons. The van der Waals surface area contributed by atoms with Crippen LogP contribution >= 0.6 is 0 Å². The van der Waals surface area contributed by atoms with Gasteiger partial charge >= 0.3 is 0 Å². The molecule has 0 fully saturated rings. The average Bonchev–Trinajstić information content (AvgIpc) is 3.69. The number of para-hydroxylation sites is 3. The fourth-order valence-electron chi connectivity index (χ4n) is 6.78. The highest BCUT2D eigenvalue weighted by Crippen LogP contribution is 2.36. The summed E-state index contributed by atoms with van der Waals surface area (Å²) in [5, 5.41) is 3.71. The first-order valence-electron chi connectivity index (χ1n) is 15.6. The number of nitrogens with zero attached hydrogens (tertiary/aromatic N) is 3. The molecular formula is C43H29N3. The SMILES string of the molecule is c1ccc(-c2cc(-c3ccccc3)nc(-n3c(-c4ccc(-n5c6ccccc6c6ccccc65)cc4)cc4ccccc43)c2)cc1. The molecule has 0 aliphatic carbocycles. The van der Waals surface area contributed by atoms with E-state index in [0.29, 0.717) is 0 Å². The van der Waals surface area contributed by atoms with E-state index in [1.807, 2.05) is 6.07 Å². The lowest BCUT2D eigenvalue weighted by atomic mass is 10.0. The van der Waals surface area contributed by atoms with Crippen LogP contribution in [0.1, 0.15) is 0 Å². The standard InChI is InChI=1S/C43H29N3/c1-3-13-30(14-4-1)34-27-38(31-15-5-2-6-16-31)44-43(29-34)46-39-20-10-7-17-33(39)28-42(46)32-23-25-35(26-24-32)45-40-21-11-8-18-36(40)37-19-9-12-22-41(37)45/h1-29H. The van der Waals surface area contributed by atoms with E-state index >= 15 is 0 Å². The monoisotopic (exact) mass is 587 g/mol. The van der Waals surface area contributed by atoms with Crippen LogP contribution in [0, 0.1) is 0 Å². The molecule has 3 heterocycles. The van der Waals surface area contributed by atoms with Crippen LogP contribution in [-0.4, -0.2) is 14.1 Å². The molecular weight excluding hydrogens is 558 g/mol. The third kappa shape index (κ3) is 4.33. The topological polar surface area (TPSA) is 22.8 Å². The molecule has 9 aromatic rings. The number of aromatic nitrogens is 3. The Kier molecular flexibility index (Phi) is 6.14. The molecule has 46 heavy (non-hydrogen) atoms. The molecule has 0 aliphatic rings. The summed E-state index contributed by atoms with van der Waals surface area (Å²) in [7, 11) is 0. The van der Waals surface area contributed by atoms with E-state index in [0.717, 1.165) is 50.7 Å². The van der Waals surface area contributed by atoms with Crippen LogP contribution in [0.3, 0.4) is 0 Å². The summed E-state index contributed by atoms with van der Waals surface area (Å²) < 4.78 is 4.67. The predicted octanol–water partition coefficient (Wildman–Crippen LogP) is 11.1. The zero-order chi connectivity index (χ0) is 30.5. The largest absolute Gasteiger partial charge is 0.309 e. The fraction of sp³-hybridized carbons (Fsp3) is 0. The first-order chi connectivity index (χ1) is 22.8. The molecule has 0 saturated heterocycles. The van der Waals surface area contributed by atoms with Gasteiger partial charge in [-0.15, -0.1) is 0 Å². The van der Waals surface area contributed by atoms with E-state index < -0.39 is 0 Å². The van der Waals surface area contributed by atoms with Crippen LogP contribution in [0.25, 0.3) is 77.9 Å². The molecule has 3 heteroatoms. The van der Waals surface area contributed by atoms with Gasteiger partial charge in [-0.05, 0) is 65.2 Å². The Morgan fingerprint density at radius 1 is 0.370 bits per heavy atom. The Morgan fingerprint density at radius 2 is 0.935 bits per heavy atom. The number of hydrogen-bond acceptors (Lipinski definition) is 1. The average molecular weight is 588 g/mol. The van der Waals surface area contributed by atoms with E-state index in [1.165, 1.54) is 27.2 Å². The highest BCUT2D eigenvalue weighted by molar-refractivity contribution is 6.09. The van der Waals surface area contributed by atoms with Crippen LogP contribution in [0.2, 0.25) is 0 Å². The maximum absolute atomic E-state index is 5.29. The number of pyridine rings is 1. The summed E-state index contributed by atoms with van der Waals surface area (Å²) in [6.45, 7) is 0. The third-order valence-electron chi connectivity index (χ3n) is 8.93. The van der Waals surface area contributed by atoms with Crippen LogP contribution in [0.15, 0.2) is 176 Å². The van der Waals surface area contributed by atoms with Crippen molar-refractivity contribution in [3.63, 3.8) is 0 Å². The van der Waals surface area contributed by atoms with Gasteiger partial charge in [0, 0.05) is 27.4 Å². The maximum Gasteiger partial charge on any atom is 0.138 e. The smallest absolute Gasteiger partial charge is 0.138 e. The summed E-state index contributed by atoms with van der Waals surface area (Å²) in [5.74, 6) is 0.892. The number of benzene rings is 6. The van der Waals surface area contributed by atoms with E-state index in [4.69, 9.17) is 4.98 Å². The normalized spacial score (nSPS) is 11.5. The maximum atomic E-state index is 5.29. The van der Waals surface area contributed by atoms with E-state index in [2.05, 4.69) is 179 Å². The number of rotatable bonds is 5. The molecule has 0 aliphatic heterocycles. The minimum Gasteiger partial charge on any atom is -0.309 e. The second kappa shape index (κ2) is 10.8. The highest BCUT2D eigenvalue weighted by atomic mass is 15.1. The molecule has 0 amide bonds. The number of hydrogen-bond donors (Lipinski definition) is 0. The minimum absolute atomic E-state index is 0.892. The lowest BCUT2D eigenvalue weighted by Crippen LogP contribution is -2.02. The molecule has 6 aromatic carbocycles. The summed E-state index contributed by atoms with van der Waals surface area (Å²) in [6.07, 6.45) is 0. The molecule has 9 rings (SSSR count). The van der Waals surface area contributed by atoms with Crippen molar-refractivity contribution in [1.82, 2.24) is 14.1 Å². The van der Waals surface area contributed by atoms with Crippen LogP contribution in [-0.2, 0) is 0 Å². The van der Waals surface area contributed by atoms with Gasteiger partial charge in [-0.2, -0.15) is 0 Å². The first kappa shape index (κ1) is 26.2. The van der Waals surface area contributed by atoms with Gasteiger partial charge < -0.3 is 4.57 Å². The van der Waals surface area contributed by atoms with Gasteiger partial charge in [0.05, 0.1) is 27.9 Å². The van der Waals surface area contributed by atoms with Crippen LogP contribution < -0.4 is 0 Å². The second-order valence-corrected chi connectivity index (χ2v) is 11.7. The van der Waals surface area contributed by atoms with Gasteiger partial charge in [0.15, 0.2) is 0 Å². The number of fused-ring (bicyclic) bond motifs is 4. The van der Waals surface area contributed by atoms with Crippen molar-refractivity contribution in [2.24, 2.45) is 0 Å². The van der Waals surface area contributed by atoms with Crippen molar-refractivity contribution in [3.05, 3.63) is 176 Å². The summed E-state index contributed by atoms with van der Waals surface area (Å²) in [6, 6.07) is 62.5.